The van der Waals surface area contributed by atoms with Crippen LogP contribution in [0.4, 0.5) is 0 Å². The van der Waals surface area contributed by atoms with E-state index in [1.54, 1.807) is 12.1 Å². The highest BCUT2D eigenvalue weighted by Gasteiger charge is 2.44. The van der Waals surface area contributed by atoms with E-state index in [-0.39, 0.29) is 5.91 Å². The fourth-order valence-corrected chi connectivity index (χ4v) is 3.51. The first-order valence-electron chi connectivity index (χ1n) is 6.92. The Hall–Kier alpha value is -1.69. The summed E-state index contributed by atoms with van der Waals surface area (Å²) in [7, 11) is 0. The van der Waals surface area contributed by atoms with Crippen LogP contribution >= 0.6 is 11.8 Å². The number of ether oxygens (including phenoxy) is 1. The van der Waals surface area contributed by atoms with Gasteiger partial charge in [-0.05, 0) is 30.7 Å². The molecule has 2 rings (SSSR count). The molecule has 5 nitrogen and oxygen atoms in total. The van der Waals surface area contributed by atoms with Crippen molar-refractivity contribution in [1.82, 2.24) is 5.32 Å². The van der Waals surface area contributed by atoms with Crippen LogP contribution in [-0.4, -0.2) is 40.1 Å². The molecule has 1 fully saturated rings. The van der Waals surface area contributed by atoms with E-state index < -0.39 is 17.6 Å². The summed E-state index contributed by atoms with van der Waals surface area (Å²) in [6.45, 7) is 1.84. The lowest BCUT2D eigenvalue weighted by Crippen LogP contribution is -2.57. The van der Waals surface area contributed by atoms with E-state index in [9.17, 15) is 14.7 Å². The van der Waals surface area contributed by atoms with Crippen LogP contribution in [0.15, 0.2) is 30.3 Å². The maximum absolute atomic E-state index is 12.3. The van der Waals surface area contributed by atoms with Gasteiger partial charge in [0.2, 0.25) is 0 Å². The van der Waals surface area contributed by atoms with Crippen molar-refractivity contribution in [3.63, 3.8) is 0 Å². The van der Waals surface area contributed by atoms with Gasteiger partial charge in [-0.1, -0.05) is 25.1 Å². The van der Waals surface area contributed by atoms with Crippen molar-refractivity contribution in [3.05, 3.63) is 30.3 Å². The maximum atomic E-state index is 12.3. The molecule has 1 aromatic rings. The van der Waals surface area contributed by atoms with Gasteiger partial charge in [0, 0.05) is 5.75 Å². The predicted molar refractivity (Wildman–Crippen MR) is 81.6 cm³/mol. The normalized spacial score (nSPS) is 22.5. The van der Waals surface area contributed by atoms with E-state index in [0.717, 1.165) is 5.75 Å². The second-order valence-electron chi connectivity index (χ2n) is 5.01. The largest absolute Gasteiger partial charge is 0.481 e. The second kappa shape index (κ2) is 6.85. The van der Waals surface area contributed by atoms with E-state index >= 15 is 0 Å². The number of amides is 1. The minimum atomic E-state index is -1.16. The van der Waals surface area contributed by atoms with Crippen LogP contribution in [0.2, 0.25) is 0 Å². The van der Waals surface area contributed by atoms with Crippen LogP contribution in [0.1, 0.15) is 19.8 Å². The molecular weight excluding hydrogens is 290 g/mol. The van der Waals surface area contributed by atoms with Crippen LogP contribution in [0.3, 0.4) is 0 Å². The van der Waals surface area contributed by atoms with Gasteiger partial charge in [0.25, 0.3) is 5.91 Å². The van der Waals surface area contributed by atoms with E-state index in [4.69, 9.17) is 4.74 Å². The summed E-state index contributed by atoms with van der Waals surface area (Å²) >= 11 is 1.54. The predicted octanol–water partition coefficient (Wildman–Crippen LogP) is 1.92. The highest BCUT2D eigenvalue weighted by atomic mass is 32.2. The van der Waals surface area contributed by atoms with Gasteiger partial charge in [-0.3, -0.25) is 4.79 Å². The third-order valence-corrected chi connectivity index (χ3v) is 4.67. The molecule has 1 amide bonds. The highest BCUT2D eigenvalue weighted by molar-refractivity contribution is 7.99. The van der Waals surface area contributed by atoms with Crippen molar-refractivity contribution >= 4 is 23.6 Å². The quantitative estimate of drug-likeness (QED) is 0.839. The van der Waals surface area contributed by atoms with Crippen LogP contribution in [-0.2, 0) is 9.59 Å². The number of carbonyl (C=O) groups excluding carboxylic acids is 1. The first-order chi connectivity index (χ1) is 10.1. The molecule has 1 aromatic carbocycles. The first-order valence-corrected chi connectivity index (χ1v) is 8.08. The molecule has 0 radical (unpaired) electrons. The summed E-state index contributed by atoms with van der Waals surface area (Å²) in [5.41, 5.74) is -1.16. The van der Waals surface area contributed by atoms with Gasteiger partial charge in [0.1, 0.15) is 11.3 Å². The molecule has 6 heteroatoms. The lowest BCUT2D eigenvalue weighted by atomic mass is 9.98. The Bertz CT molecular complexity index is 500. The number of thioether (sulfide) groups is 1. The SMILES string of the molecule is CCC(Oc1ccccc1)C(=O)NC1(C(=O)O)CCSC1. The molecule has 0 bridgehead atoms. The number of benzene rings is 1. The molecule has 21 heavy (non-hydrogen) atoms. The average molecular weight is 309 g/mol. The lowest BCUT2D eigenvalue weighted by molar-refractivity contribution is -0.147. The van der Waals surface area contributed by atoms with Crippen LogP contribution in [0.25, 0.3) is 0 Å². The molecule has 0 aromatic heterocycles. The third-order valence-electron chi connectivity index (χ3n) is 3.48. The lowest BCUT2D eigenvalue weighted by Gasteiger charge is -2.27. The number of para-hydroxylation sites is 1. The number of nitrogens with one attached hydrogen (secondary N) is 1. The summed E-state index contributed by atoms with van der Waals surface area (Å²) in [6, 6.07) is 9.06. The third kappa shape index (κ3) is 3.69. The first kappa shape index (κ1) is 15.7. The van der Waals surface area contributed by atoms with Gasteiger partial charge >= 0.3 is 5.97 Å². The van der Waals surface area contributed by atoms with Gasteiger partial charge in [0.15, 0.2) is 6.10 Å². The Morgan fingerprint density at radius 3 is 2.67 bits per heavy atom. The minimum absolute atomic E-state index is 0.369. The standard InChI is InChI=1S/C15H19NO4S/c1-2-12(20-11-6-4-3-5-7-11)13(17)16-15(14(18)19)8-9-21-10-15/h3-7,12H,2,8-10H2,1H3,(H,16,17)(H,18,19). The second-order valence-corrected chi connectivity index (χ2v) is 6.11. The van der Waals surface area contributed by atoms with Crippen molar-refractivity contribution in [2.45, 2.75) is 31.4 Å². The van der Waals surface area contributed by atoms with Gasteiger partial charge in [-0.15, -0.1) is 0 Å². The number of carboxylic acids is 1. The molecule has 2 atom stereocenters. The Kier molecular flexibility index (Phi) is 5.12. The molecule has 114 valence electrons. The van der Waals surface area contributed by atoms with Gasteiger partial charge < -0.3 is 15.2 Å². The Labute approximate surface area is 128 Å². The van der Waals surface area contributed by atoms with Crippen molar-refractivity contribution in [2.24, 2.45) is 0 Å². The molecule has 1 saturated heterocycles. The summed E-state index contributed by atoms with van der Waals surface area (Å²) in [5.74, 6) is 0.394. The summed E-state index contributed by atoms with van der Waals surface area (Å²) in [5, 5.41) is 12.1. The molecular formula is C15H19NO4S. The fourth-order valence-electron chi connectivity index (χ4n) is 2.19. The van der Waals surface area contributed by atoms with Crippen LogP contribution in [0, 0.1) is 0 Å². The molecule has 1 aliphatic heterocycles. The topological polar surface area (TPSA) is 75.6 Å². The average Bonchev–Trinajstić information content (AvgIpc) is 2.95. The monoisotopic (exact) mass is 309 g/mol. The van der Waals surface area contributed by atoms with Gasteiger partial charge in [-0.2, -0.15) is 11.8 Å². The zero-order valence-corrected chi connectivity index (χ0v) is 12.7. The van der Waals surface area contributed by atoms with Gasteiger partial charge in [-0.25, -0.2) is 4.79 Å². The van der Waals surface area contributed by atoms with Crippen molar-refractivity contribution in [1.29, 1.82) is 0 Å². The summed E-state index contributed by atoms with van der Waals surface area (Å²) < 4.78 is 5.65. The molecule has 2 N–H and O–H groups in total. The minimum Gasteiger partial charge on any atom is -0.481 e. The number of aliphatic carboxylic acids is 1. The van der Waals surface area contributed by atoms with Crippen molar-refractivity contribution in [3.8, 4) is 5.75 Å². The molecule has 1 aliphatic rings. The molecule has 0 saturated carbocycles. The smallest absolute Gasteiger partial charge is 0.330 e. The maximum Gasteiger partial charge on any atom is 0.330 e. The molecule has 0 aliphatic carbocycles. The van der Waals surface area contributed by atoms with Crippen LogP contribution in [0.5, 0.6) is 5.75 Å². The van der Waals surface area contributed by atoms with E-state index in [1.807, 2.05) is 25.1 Å². The van der Waals surface area contributed by atoms with Crippen molar-refractivity contribution in [2.75, 3.05) is 11.5 Å². The highest BCUT2D eigenvalue weighted by Crippen LogP contribution is 2.28. The number of carbonyl (C=O) groups is 2. The number of carboxylic acid groups (broad SMARTS) is 1. The van der Waals surface area contributed by atoms with E-state index in [2.05, 4.69) is 5.32 Å². The number of hydrogen-bond donors (Lipinski definition) is 2. The fraction of sp³-hybridized carbons (Fsp3) is 0.467. The zero-order valence-electron chi connectivity index (χ0n) is 11.9. The Morgan fingerprint density at radius 2 is 2.14 bits per heavy atom. The Balaban J connectivity index is 2.04. The number of hydrogen-bond acceptors (Lipinski definition) is 4. The van der Waals surface area contributed by atoms with Crippen LogP contribution < -0.4 is 10.1 Å². The van der Waals surface area contributed by atoms with E-state index in [0.29, 0.717) is 24.3 Å². The summed E-state index contributed by atoms with van der Waals surface area (Å²) in [4.78, 5) is 23.8. The zero-order chi connectivity index (χ0) is 15.3. The Morgan fingerprint density at radius 1 is 1.43 bits per heavy atom. The molecule has 2 unspecified atom stereocenters. The van der Waals surface area contributed by atoms with E-state index in [1.165, 1.54) is 11.8 Å². The molecule has 0 spiro atoms. The molecule has 1 heterocycles. The number of rotatable bonds is 6. The summed E-state index contributed by atoms with van der Waals surface area (Å²) in [6.07, 6.45) is 0.235. The van der Waals surface area contributed by atoms with Crippen molar-refractivity contribution < 1.29 is 19.4 Å². The van der Waals surface area contributed by atoms with Gasteiger partial charge in [0.05, 0.1) is 0 Å².